The number of nitrogens with one attached hydrogen (secondary N) is 1. The molecule has 1 aliphatic heterocycles. The van der Waals surface area contributed by atoms with Gasteiger partial charge in [-0.1, -0.05) is 19.3 Å². The Balaban J connectivity index is 0.00000242. The second-order valence-electron chi connectivity index (χ2n) is 6.29. The molecule has 1 saturated heterocycles. The first-order valence-corrected chi connectivity index (χ1v) is 8.12. The number of carbonyl (C=O) groups excluding carboxylic acids is 2. The SMILES string of the molecule is C[C@@H](N)C(=O)N1CCN(CC(=O)NC2CCCCC2)CC1.Cl.Cl. The molecule has 1 atom stereocenters. The van der Waals surface area contributed by atoms with E-state index in [4.69, 9.17) is 5.73 Å². The fraction of sp³-hybridized carbons (Fsp3) is 0.867. The second kappa shape index (κ2) is 11.1. The van der Waals surface area contributed by atoms with Crippen molar-refractivity contribution in [2.75, 3.05) is 32.7 Å². The molecule has 6 nitrogen and oxygen atoms in total. The van der Waals surface area contributed by atoms with E-state index in [9.17, 15) is 9.59 Å². The Kier molecular flexibility index (Phi) is 10.8. The molecule has 2 amide bonds. The van der Waals surface area contributed by atoms with E-state index >= 15 is 0 Å². The van der Waals surface area contributed by atoms with E-state index < -0.39 is 6.04 Å². The van der Waals surface area contributed by atoms with Gasteiger partial charge >= 0.3 is 0 Å². The van der Waals surface area contributed by atoms with Gasteiger partial charge in [0.1, 0.15) is 0 Å². The van der Waals surface area contributed by atoms with Gasteiger partial charge in [-0.3, -0.25) is 14.5 Å². The smallest absolute Gasteiger partial charge is 0.239 e. The lowest BCUT2D eigenvalue weighted by atomic mass is 9.95. The highest BCUT2D eigenvalue weighted by atomic mass is 35.5. The number of hydrogen-bond acceptors (Lipinski definition) is 4. The zero-order valence-electron chi connectivity index (χ0n) is 13.8. The van der Waals surface area contributed by atoms with Crippen LogP contribution in [0.5, 0.6) is 0 Å². The van der Waals surface area contributed by atoms with E-state index in [2.05, 4.69) is 10.2 Å². The summed E-state index contributed by atoms with van der Waals surface area (Å²) in [5.41, 5.74) is 5.62. The first-order chi connectivity index (χ1) is 10.1. The molecule has 1 aliphatic carbocycles. The van der Waals surface area contributed by atoms with Crippen LogP contribution in [-0.4, -0.2) is 66.4 Å². The van der Waals surface area contributed by atoms with Crippen molar-refractivity contribution in [3.63, 3.8) is 0 Å². The molecule has 2 fully saturated rings. The molecule has 136 valence electrons. The maximum absolute atomic E-state index is 12.0. The van der Waals surface area contributed by atoms with Crippen LogP contribution in [0.4, 0.5) is 0 Å². The molecule has 8 heteroatoms. The molecule has 2 aliphatic rings. The van der Waals surface area contributed by atoms with E-state index in [1.807, 2.05) is 0 Å². The maximum Gasteiger partial charge on any atom is 0.239 e. The number of nitrogens with two attached hydrogens (primary N) is 1. The summed E-state index contributed by atoms with van der Waals surface area (Å²) in [5, 5.41) is 3.14. The Labute approximate surface area is 151 Å². The molecule has 0 unspecified atom stereocenters. The van der Waals surface area contributed by atoms with Gasteiger partial charge in [0.2, 0.25) is 11.8 Å². The molecular formula is C15H30Cl2N4O2. The number of halogens is 2. The highest BCUT2D eigenvalue weighted by Crippen LogP contribution is 2.17. The second-order valence-corrected chi connectivity index (χ2v) is 6.29. The summed E-state index contributed by atoms with van der Waals surface area (Å²) in [7, 11) is 0. The number of rotatable bonds is 4. The number of nitrogens with zero attached hydrogens (tertiary/aromatic N) is 2. The van der Waals surface area contributed by atoms with Crippen molar-refractivity contribution in [1.29, 1.82) is 0 Å². The Morgan fingerprint density at radius 3 is 2.17 bits per heavy atom. The first-order valence-electron chi connectivity index (χ1n) is 8.12. The van der Waals surface area contributed by atoms with Gasteiger partial charge in [0.15, 0.2) is 0 Å². The molecule has 0 radical (unpaired) electrons. The number of amides is 2. The van der Waals surface area contributed by atoms with Gasteiger partial charge in [0.05, 0.1) is 12.6 Å². The zero-order chi connectivity index (χ0) is 15.2. The van der Waals surface area contributed by atoms with Crippen molar-refractivity contribution in [3.8, 4) is 0 Å². The van der Waals surface area contributed by atoms with Crippen LogP contribution >= 0.6 is 24.8 Å². The van der Waals surface area contributed by atoms with Crippen LogP contribution in [0.2, 0.25) is 0 Å². The van der Waals surface area contributed by atoms with Crippen LogP contribution in [0.15, 0.2) is 0 Å². The minimum Gasteiger partial charge on any atom is -0.352 e. The molecule has 3 N–H and O–H groups in total. The predicted molar refractivity (Wildman–Crippen MR) is 96.2 cm³/mol. The van der Waals surface area contributed by atoms with Crippen LogP contribution < -0.4 is 11.1 Å². The van der Waals surface area contributed by atoms with Crippen molar-refractivity contribution < 1.29 is 9.59 Å². The quantitative estimate of drug-likeness (QED) is 0.767. The van der Waals surface area contributed by atoms with Crippen molar-refractivity contribution in [2.45, 2.75) is 51.1 Å². The third kappa shape index (κ3) is 7.25. The molecule has 0 spiro atoms. The topological polar surface area (TPSA) is 78.7 Å². The van der Waals surface area contributed by atoms with Gasteiger partial charge in [-0.05, 0) is 19.8 Å². The predicted octanol–water partition coefficient (Wildman–Crippen LogP) is 0.770. The molecule has 0 aromatic carbocycles. The fourth-order valence-electron chi connectivity index (χ4n) is 3.14. The summed E-state index contributed by atoms with van der Waals surface area (Å²) in [6, 6.07) is -0.0710. The third-order valence-electron chi connectivity index (χ3n) is 4.41. The van der Waals surface area contributed by atoms with Crippen LogP contribution in [0.3, 0.4) is 0 Å². The third-order valence-corrected chi connectivity index (χ3v) is 4.41. The van der Waals surface area contributed by atoms with Crippen LogP contribution in [0.1, 0.15) is 39.0 Å². The summed E-state index contributed by atoms with van der Waals surface area (Å²) in [5.74, 6) is 0.121. The monoisotopic (exact) mass is 368 g/mol. The minimum atomic E-state index is -0.439. The highest BCUT2D eigenvalue weighted by Gasteiger charge is 2.24. The lowest BCUT2D eigenvalue weighted by molar-refractivity contribution is -0.134. The average molecular weight is 369 g/mol. The Hall–Kier alpha value is -0.560. The molecular weight excluding hydrogens is 339 g/mol. The Bertz CT molecular complexity index is 368. The standard InChI is InChI=1S/C15H28N4O2.2ClH/c1-12(16)15(21)19-9-7-18(8-10-19)11-14(20)17-13-5-3-2-4-6-13;;/h12-13H,2-11,16H2,1H3,(H,17,20);2*1H/t12-;;/m1../s1. The molecule has 0 aromatic heterocycles. The van der Waals surface area contributed by atoms with Gasteiger partial charge in [0.25, 0.3) is 0 Å². The lowest BCUT2D eigenvalue weighted by Crippen LogP contribution is -2.54. The van der Waals surface area contributed by atoms with E-state index in [0.29, 0.717) is 25.7 Å². The van der Waals surface area contributed by atoms with Crippen LogP contribution in [0.25, 0.3) is 0 Å². The molecule has 1 saturated carbocycles. The summed E-state index contributed by atoms with van der Waals surface area (Å²) in [4.78, 5) is 27.7. The summed E-state index contributed by atoms with van der Waals surface area (Å²) in [6.45, 7) is 4.98. The Morgan fingerprint density at radius 1 is 1.09 bits per heavy atom. The van der Waals surface area contributed by atoms with Crippen molar-refractivity contribution in [1.82, 2.24) is 15.1 Å². The fourth-order valence-corrected chi connectivity index (χ4v) is 3.14. The number of hydrogen-bond donors (Lipinski definition) is 2. The first kappa shape index (κ1) is 22.4. The normalized spacial score (nSPS) is 20.9. The van der Waals surface area contributed by atoms with Crippen molar-refractivity contribution in [2.24, 2.45) is 5.73 Å². The summed E-state index contributed by atoms with van der Waals surface area (Å²) < 4.78 is 0. The van der Waals surface area contributed by atoms with Gasteiger partial charge in [-0.25, -0.2) is 0 Å². The van der Waals surface area contributed by atoms with E-state index in [-0.39, 0.29) is 36.6 Å². The van der Waals surface area contributed by atoms with Gasteiger partial charge in [0, 0.05) is 32.2 Å². The maximum atomic E-state index is 12.0. The minimum absolute atomic E-state index is 0. The highest BCUT2D eigenvalue weighted by molar-refractivity contribution is 5.85. The van der Waals surface area contributed by atoms with Gasteiger partial charge in [-0.15, -0.1) is 24.8 Å². The van der Waals surface area contributed by atoms with E-state index in [1.54, 1.807) is 11.8 Å². The van der Waals surface area contributed by atoms with Crippen LogP contribution in [0, 0.1) is 0 Å². The number of carbonyl (C=O) groups is 2. The molecule has 0 aromatic rings. The zero-order valence-corrected chi connectivity index (χ0v) is 15.5. The van der Waals surface area contributed by atoms with E-state index in [0.717, 1.165) is 25.9 Å². The molecule has 1 heterocycles. The van der Waals surface area contributed by atoms with Gasteiger partial charge in [-0.2, -0.15) is 0 Å². The lowest BCUT2D eigenvalue weighted by Gasteiger charge is -2.35. The number of piperazine rings is 1. The molecule has 0 bridgehead atoms. The van der Waals surface area contributed by atoms with Crippen molar-refractivity contribution >= 4 is 36.6 Å². The Morgan fingerprint density at radius 2 is 1.65 bits per heavy atom. The summed E-state index contributed by atoms with van der Waals surface area (Å²) in [6.07, 6.45) is 5.97. The molecule has 2 rings (SSSR count). The van der Waals surface area contributed by atoms with Gasteiger partial charge < -0.3 is 16.0 Å². The average Bonchev–Trinajstić information content (AvgIpc) is 2.48. The molecule has 23 heavy (non-hydrogen) atoms. The van der Waals surface area contributed by atoms with Crippen LogP contribution in [-0.2, 0) is 9.59 Å². The van der Waals surface area contributed by atoms with E-state index in [1.165, 1.54) is 19.3 Å². The largest absolute Gasteiger partial charge is 0.352 e. The summed E-state index contributed by atoms with van der Waals surface area (Å²) >= 11 is 0. The van der Waals surface area contributed by atoms with Crippen molar-refractivity contribution in [3.05, 3.63) is 0 Å².